The Labute approximate surface area is 288 Å². The summed E-state index contributed by atoms with van der Waals surface area (Å²) in [6.07, 6.45) is 47.3. The molecule has 7 fully saturated rings. The van der Waals surface area contributed by atoms with Crippen LogP contribution in [-0.2, 0) is 4.74 Å². The second-order valence-corrected chi connectivity index (χ2v) is 19.5. The minimum Gasteiger partial charge on any atom is -0.494 e. The third-order valence-electron chi connectivity index (χ3n) is 17.9. The average molecular weight is 637 g/mol. The van der Waals surface area contributed by atoms with Gasteiger partial charge in [0.1, 0.15) is 6.10 Å². The Bertz CT molecular complexity index is 1220. The first-order chi connectivity index (χ1) is 23.3. The summed E-state index contributed by atoms with van der Waals surface area (Å²) < 4.78 is 6.84. The number of rotatable bonds is 3. The van der Waals surface area contributed by atoms with Crippen LogP contribution in [0.15, 0.2) is 35.6 Å². The first-order valence-corrected chi connectivity index (χ1v) is 22.1. The Morgan fingerprint density at radius 3 is 2.23 bits per heavy atom. The number of fused-ring (bicyclic) bond motifs is 7. The van der Waals surface area contributed by atoms with Crippen molar-refractivity contribution in [2.45, 2.75) is 160 Å². The third-order valence-corrected chi connectivity index (χ3v) is 17.9. The molecule has 0 aromatic rings. The molecular formula is C46H68O. The molecule has 258 valence electrons. The van der Waals surface area contributed by atoms with Crippen LogP contribution in [-0.4, -0.2) is 6.10 Å². The van der Waals surface area contributed by atoms with Crippen LogP contribution in [0.2, 0.25) is 0 Å². The van der Waals surface area contributed by atoms with Crippen LogP contribution >= 0.6 is 0 Å². The van der Waals surface area contributed by atoms with Gasteiger partial charge in [0.15, 0.2) is 0 Å². The first-order valence-electron chi connectivity index (χ1n) is 22.1. The van der Waals surface area contributed by atoms with Crippen molar-refractivity contribution < 1.29 is 4.74 Å². The van der Waals surface area contributed by atoms with Gasteiger partial charge in [0, 0.05) is 11.8 Å². The molecule has 9 aliphatic carbocycles. The molecule has 0 radical (unpaired) electrons. The van der Waals surface area contributed by atoms with Crippen LogP contribution in [0.5, 0.6) is 0 Å². The average Bonchev–Trinajstić information content (AvgIpc) is 3.52. The quantitative estimate of drug-likeness (QED) is 0.280. The summed E-state index contributed by atoms with van der Waals surface area (Å²) in [5.74, 6) is 16.0. The maximum Gasteiger partial charge on any atom is 0.102 e. The van der Waals surface area contributed by atoms with E-state index in [0.29, 0.717) is 6.10 Å². The van der Waals surface area contributed by atoms with E-state index in [4.69, 9.17) is 4.74 Å². The van der Waals surface area contributed by atoms with Gasteiger partial charge in [-0.15, -0.1) is 0 Å². The van der Waals surface area contributed by atoms with E-state index in [9.17, 15) is 0 Å². The fourth-order valence-corrected chi connectivity index (χ4v) is 16.4. The van der Waals surface area contributed by atoms with Crippen molar-refractivity contribution in [3.63, 3.8) is 0 Å². The number of allylic oxidation sites excluding steroid dienone is 6. The molecule has 16 atom stereocenters. The molecule has 0 aromatic heterocycles. The van der Waals surface area contributed by atoms with Gasteiger partial charge in [-0.1, -0.05) is 68.7 Å². The molecule has 10 rings (SSSR count). The molecule has 0 spiro atoms. The minimum absolute atomic E-state index is 0.562. The second-order valence-electron chi connectivity index (χ2n) is 19.5. The lowest BCUT2D eigenvalue weighted by Gasteiger charge is -2.61. The SMILES string of the molecule is C1=CC2CCCC(C3C4CCCC=C4C(C4CCCC5CCCCC54)C4CCC(C5CCC=C6OC7CCCCC7C65)CC43)C2CC1. The monoisotopic (exact) mass is 637 g/mol. The van der Waals surface area contributed by atoms with Gasteiger partial charge in [-0.3, -0.25) is 0 Å². The molecule has 0 amide bonds. The lowest BCUT2D eigenvalue weighted by Crippen LogP contribution is -2.54. The molecule has 1 aliphatic heterocycles. The largest absolute Gasteiger partial charge is 0.494 e. The topological polar surface area (TPSA) is 9.23 Å². The summed E-state index contributed by atoms with van der Waals surface area (Å²) in [4.78, 5) is 0. The maximum absolute atomic E-state index is 6.84. The zero-order valence-corrected chi connectivity index (χ0v) is 29.9. The van der Waals surface area contributed by atoms with Gasteiger partial charge >= 0.3 is 0 Å². The van der Waals surface area contributed by atoms with Crippen molar-refractivity contribution >= 4 is 0 Å². The lowest BCUT2D eigenvalue weighted by atomic mass is 9.43. The molecule has 10 aliphatic rings. The summed E-state index contributed by atoms with van der Waals surface area (Å²) in [6, 6.07) is 0. The summed E-state index contributed by atoms with van der Waals surface area (Å²) in [5, 5.41) is 0. The van der Waals surface area contributed by atoms with Crippen LogP contribution in [0.4, 0.5) is 0 Å². The van der Waals surface area contributed by atoms with Gasteiger partial charge in [-0.05, 0) is 192 Å². The van der Waals surface area contributed by atoms with Crippen molar-refractivity contribution in [1.82, 2.24) is 0 Å². The van der Waals surface area contributed by atoms with E-state index in [1.165, 1.54) is 95.7 Å². The molecule has 0 aromatic carbocycles. The predicted molar refractivity (Wildman–Crippen MR) is 193 cm³/mol. The van der Waals surface area contributed by atoms with Crippen molar-refractivity contribution in [1.29, 1.82) is 0 Å². The highest BCUT2D eigenvalue weighted by molar-refractivity contribution is 5.25. The summed E-state index contributed by atoms with van der Waals surface area (Å²) in [6.45, 7) is 0. The van der Waals surface area contributed by atoms with Crippen LogP contribution < -0.4 is 0 Å². The molecule has 1 nitrogen and oxygen atoms in total. The summed E-state index contributed by atoms with van der Waals surface area (Å²) >= 11 is 0. The molecule has 0 bridgehead atoms. The lowest BCUT2D eigenvalue weighted by molar-refractivity contribution is -0.0795. The van der Waals surface area contributed by atoms with Gasteiger partial charge < -0.3 is 4.74 Å². The van der Waals surface area contributed by atoms with E-state index in [0.717, 1.165) is 88.8 Å². The molecule has 0 N–H and O–H groups in total. The number of hydrogen-bond donors (Lipinski definition) is 0. The van der Waals surface area contributed by atoms with Crippen LogP contribution in [0.25, 0.3) is 0 Å². The van der Waals surface area contributed by atoms with Gasteiger partial charge in [0.05, 0.1) is 5.76 Å². The van der Waals surface area contributed by atoms with E-state index in [1.807, 2.05) is 0 Å². The Morgan fingerprint density at radius 1 is 0.468 bits per heavy atom. The van der Waals surface area contributed by atoms with Crippen LogP contribution in [0.3, 0.4) is 0 Å². The number of hydrogen-bond acceptors (Lipinski definition) is 1. The van der Waals surface area contributed by atoms with E-state index < -0.39 is 0 Å². The third kappa shape index (κ3) is 5.25. The maximum atomic E-state index is 6.84. The molecule has 6 saturated carbocycles. The highest BCUT2D eigenvalue weighted by atomic mass is 16.5. The van der Waals surface area contributed by atoms with Crippen LogP contribution in [0.1, 0.15) is 154 Å². The fourth-order valence-electron chi connectivity index (χ4n) is 16.4. The van der Waals surface area contributed by atoms with Gasteiger partial charge in [-0.2, -0.15) is 0 Å². The van der Waals surface area contributed by atoms with Crippen molar-refractivity contribution in [3.05, 3.63) is 35.6 Å². The fraction of sp³-hybridized carbons (Fsp3) is 0.870. The summed E-state index contributed by atoms with van der Waals surface area (Å²) in [7, 11) is 0. The van der Waals surface area contributed by atoms with E-state index in [2.05, 4.69) is 29.9 Å². The van der Waals surface area contributed by atoms with E-state index >= 15 is 0 Å². The Kier molecular flexibility index (Phi) is 8.50. The first kappa shape index (κ1) is 30.8. The Balaban J connectivity index is 1.02. The van der Waals surface area contributed by atoms with Gasteiger partial charge in [0.2, 0.25) is 0 Å². The summed E-state index contributed by atoms with van der Waals surface area (Å²) in [5.41, 5.74) is 2.10. The predicted octanol–water partition coefficient (Wildman–Crippen LogP) is 12.5. The Hall–Kier alpha value is -0.980. The molecule has 1 heteroatoms. The molecule has 47 heavy (non-hydrogen) atoms. The minimum atomic E-state index is 0.562. The van der Waals surface area contributed by atoms with E-state index in [-0.39, 0.29) is 0 Å². The Morgan fingerprint density at radius 2 is 1.26 bits per heavy atom. The molecule has 1 heterocycles. The molecule has 16 unspecified atom stereocenters. The van der Waals surface area contributed by atoms with Gasteiger partial charge in [0.25, 0.3) is 0 Å². The van der Waals surface area contributed by atoms with Crippen LogP contribution in [0, 0.1) is 88.8 Å². The zero-order chi connectivity index (χ0) is 30.9. The van der Waals surface area contributed by atoms with Crippen molar-refractivity contribution in [2.24, 2.45) is 88.8 Å². The standard InChI is InChI=1S/C46H68O/c1-3-16-32-29(12-1)14-9-22-35(32)44-37-18-5-6-19-38(37)45(36-23-10-15-30-13-2-4-17-33(30)36)41-28-31(26-27-39(41)44)34-21-11-25-43-46(34)40-20-7-8-24-42(40)47-43/h2,13,18,25,29-36,38-42,44-46H,1,3-12,14-17,19-24,26-28H2. The van der Waals surface area contributed by atoms with Crippen molar-refractivity contribution in [3.8, 4) is 0 Å². The highest BCUT2D eigenvalue weighted by Crippen LogP contribution is 2.66. The van der Waals surface area contributed by atoms with E-state index in [1.54, 1.807) is 64.2 Å². The highest BCUT2D eigenvalue weighted by Gasteiger charge is 2.58. The second kappa shape index (κ2) is 13.0. The van der Waals surface area contributed by atoms with Crippen molar-refractivity contribution in [2.75, 3.05) is 0 Å². The smallest absolute Gasteiger partial charge is 0.102 e. The molecular weight excluding hydrogens is 569 g/mol. The zero-order valence-electron chi connectivity index (χ0n) is 29.9. The number of ether oxygens (including phenoxy) is 1. The van der Waals surface area contributed by atoms with Gasteiger partial charge in [-0.25, -0.2) is 0 Å². The normalized spacial score (nSPS) is 52.3. The molecule has 1 saturated heterocycles.